The molecule has 0 aliphatic rings. The zero-order valence-electron chi connectivity index (χ0n) is 11.3. The third-order valence-electron chi connectivity index (χ3n) is 2.98. The molecule has 6 nitrogen and oxygen atoms in total. The highest BCUT2D eigenvalue weighted by molar-refractivity contribution is 9.10. The second-order valence-corrected chi connectivity index (χ2v) is 5.53. The lowest BCUT2D eigenvalue weighted by Crippen LogP contribution is -2.39. The minimum Gasteiger partial charge on any atom is -0.396 e. The molecular formula is C13H17BrN2O4. The van der Waals surface area contributed by atoms with E-state index in [0.29, 0.717) is 6.42 Å². The quantitative estimate of drug-likeness (QED) is 0.612. The van der Waals surface area contributed by atoms with E-state index in [1.807, 2.05) is 13.8 Å². The summed E-state index contributed by atoms with van der Waals surface area (Å²) in [6, 6.07) is 4.13. The molecule has 1 aromatic carbocycles. The number of halogens is 1. The number of rotatable bonds is 6. The topological polar surface area (TPSA) is 92.5 Å². The first-order valence-electron chi connectivity index (χ1n) is 6.23. The van der Waals surface area contributed by atoms with Crippen LogP contribution < -0.4 is 5.32 Å². The molecule has 0 fully saturated rings. The average molecular weight is 345 g/mol. The van der Waals surface area contributed by atoms with Crippen LogP contribution in [-0.2, 0) is 0 Å². The van der Waals surface area contributed by atoms with Crippen LogP contribution in [0.25, 0.3) is 0 Å². The maximum Gasteiger partial charge on any atom is 0.284 e. The zero-order valence-corrected chi connectivity index (χ0v) is 12.9. The van der Waals surface area contributed by atoms with Gasteiger partial charge in [0, 0.05) is 18.7 Å². The average Bonchev–Trinajstić information content (AvgIpc) is 2.37. The molecule has 20 heavy (non-hydrogen) atoms. The summed E-state index contributed by atoms with van der Waals surface area (Å²) < 4.78 is 0.161. The summed E-state index contributed by atoms with van der Waals surface area (Å²) in [6.07, 6.45) is 0.440. The van der Waals surface area contributed by atoms with Crippen LogP contribution in [0.5, 0.6) is 0 Å². The molecule has 110 valence electrons. The fraction of sp³-hybridized carbons (Fsp3) is 0.462. The predicted octanol–water partition coefficient (Wildman–Crippen LogP) is 2.49. The Labute approximate surface area is 125 Å². The number of nitro benzene ring substituents is 1. The Hall–Kier alpha value is -1.47. The third-order valence-corrected chi connectivity index (χ3v) is 3.81. The molecule has 1 atom stereocenters. The molecule has 0 saturated heterocycles. The normalized spacial score (nSPS) is 12.2. The number of hydrogen-bond acceptors (Lipinski definition) is 4. The first-order chi connectivity index (χ1) is 9.38. The number of nitrogens with one attached hydrogen (secondary N) is 1. The molecule has 1 aromatic rings. The Morgan fingerprint density at radius 1 is 1.50 bits per heavy atom. The van der Waals surface area contributed by atoms with Crippen molar-refractivity contribution in [2.75, 3.05) is 6.61 Å². The SMILES string of the molecule is CC(C)C(CCO)NC(=O)c1cccc([N+](=O)[O-])c1Br. The monoisotopic (exact) mass is 344 g/mol. The number of nitro groups is 1. The largest absolute Gasteiger partial charge is 0.396 e. The van der Waals surface area contributed by atoms with Gasteiger partial charge < -0.3 is 10.4 Å². The maximum atomic E-state index is 12.2. The summed E-state index contributed by atoms with van der Waals surface area (Å²) in [6.45, 7) is 3.84. The summed E-state index contributed by atoms with van der Waals surface area (Å²) in [5.41, 5.74) is 0.0590. The Morgan fingerprint density at radius 3 is 2.65 bits per heavy atom. The molecule has 1 unspecified atom stereocenters. The van der Waals surface area contributed by atoms with Gasteiger partial charge in [-0.25, -0.2) is 0 Å². The van der Waals surface area contributed by atoms with Crippen LogP contribution in [-0.4, -0.2) is 28.6 Å². The van der Waals surface area contributed by atoms with Crippen LogP contribution in [0.1, 0.15) is 30.6 Å². The number of aliphatic hydroxyl groups is 1. The van der Waals surface area contributed by atoms with E-state index < -0.39 is 10.8 Å². The lowest BCUT2D eigenvalue weighted by atomic mass is 10.0. The number of amides is 1. The Kier molecular flexibility index (Phi) is 6.09. The van der Waals surface area contributed by atoms with E-state index in [9.17, 15) is 14.9 Å². The molecule has 1 amide bonds. The molecule has 0 radical (unpaired) electrons. The van der Waals surface area contributed by atoms with Gasteiger partial charge in [0.2, 0.25) is 0 Å². The van der Waals surface area contributed by atoms with Crippen molar-refractivity contribution in [3.63, 3.8) is 0 Å². The van der Waals surface area contributed by atoms with Crippen molar-refractivity contribution in [2.45, 2.75) is 26.3 Å². The van der Waals surface area contributed by atoms with Gasteiger partial charge in [-0.3, -0.25) is 14.9 Å². The zero-order chi connectivity index (χ0) is 15.3. The van der Waals surface area contributed by atoms with E-state index >= 15 is 0 Å². The van der Waals surface area contributed by atoms with E-state index in [-0.39, 0.29) is 34.3 Å². The van der Waals surface area contributed by atoms with Crippen molar-refractivity contribution in [3.05, 3.63) is 38.3 Å². The maximum absolute atomic E-state index is 12.2. The van der Waals surface area contributed by atoms with Gasteiger partial charge in [-0.2, -0.15) is 0 Å². The highest BCUT2D eigenvalue weighted by atomic mass is 79.9. The minimum atomic E-state index is -0.547. The summed E-state index contributed by atoms with van der Waals surface area (Å²) in [5, 5.41) is 22.6. The van der Waals surface area contributed by atoms with Crippen LogP contribution in [0.2, 0.25) is 0 Å². The van der Waals surface area contributed by atoms with E-state index in [1.165, 1.54) is 18.2 Å². The summed E-state index contributed by atoms with van der Waals surface area (Å²) in [5.74, 6) is -0.240. The highest BCUT2D eigenvalue weighted by Gasteiger charge is 2.22. The van der Waals surface area contributed by atoms with Crippen LogP contribution in [0.15, 0.2) is 22.7 Å². The standard InChI is InChI=1S/C13H17BrN2O4/c1-8(2)10(6-7-17)15-13(18)9-4-3-5-11(12(9)14)16(19)20/h3-5,8,10,17H,6-7H2,1-2H3,(H,15,18). The summed E-state index contributed by atoms with van der Waals surface area (Å²) in [4.78, 5) is 22.5. The van der Waals surface area contributed by atoms with Gasteiger partial charge in [0.15, 0.2) is 0 Å². The van der Waals surface area contributed by atoms with Gasteiger partial charge >= 0.3 is 0 Å². The van der Waals surface area contributed by atoms with Gasteiger partial charge in [0.05, 0.1) is 10.5 Å². The van der Waals surface area contributed by atoms with Crippen LogP contribution in [0.4, 0.5) is 5.69 Å². The fourth-order valence-electron chi connectivity index (χ4n) is 1.79. The van der Waals surface area contributed by atoms with E-state index in [1.54, 1.807) is 0 Å². The second kappa shape index (κ2) is 7.35. The molecule has 0 spiro atoms. The van der Waals surface area contributed by atoms with Crippen LogP contribution in [0, 0.1) is 16.0 Å². The Balaban J connectivity index is 2.98. The second-order valence-electron chi connectivity index (χ2n) is 4.73. The van der Waals surface area contributed by atoms with Crippen molar-refractivity contribution < 1.29 is 14.8 Å². The first-order valence-corrected chi connectivity index (χ1v) is 7.02. The smallest absolute Gasteiger partial charge is 0.284 e. The molecule has 0 heterocycles. The van der Waals surface area contributed by atoms with Gasteiger partial charge in [-0.1, -0.05) is 19.9 Å². The number of carbonyl (C=O) groups is 1. The molecular weight excluding hydrogens is 328 g/mol. The van der Waals surface area contributed by atoms with E-state index in [0.717, 1.165) is 0 Å². The number of carbonyl (C=O) groups excluding carboxylic acids is 1. The van der Waals surface area contributed by atoms with E-state index in [2.05, 4.69) is 21.2 Å². The predicted molar refractivity (Wildman–Crippen MR) is 78.6 cm³/mol. The molecule has 2 N–H and O–H groups in total. The molecule has 0 saturated carbocycles. The first kappa shape index (κ1) is 16.6. The fourth-order valence-corrected chi connectivity index (χ4v) is 2.38. The van der Waals surface area contributed by atoms with Gasteiger partial charge in [0.1, 0.15) is 4.47 Å². The highest BCUT2D eigenvalue weighted by Crippen LogP contribution is 2.28. The molecule has 0 aliphatic heterocycles. The third kappa shape index (κ3) is 4.01. The molecule has 0 aromatic heterocycles. The van der Waals surface area contributed by atoms with Crippen molar-refractivity contribution in [2.24, 2.45) is 5.92 Å². The minimum absolute atomic E-state index is 0.0285. The molecule has 7 heteroatoms. The van der Waals surface area contributed by atoms with Crippen molar-refractivity contribution in [3.8, 4) is 0 Å². The molecule has 0 aliphatic carbocycles. The Morgan fingerprint density at radius 2 is 2.15 bits per heavy atom. The van der Waals surface area contributed by atoms with Gasteiger partial charge in [-0.05, 0) is 34.3 Å². The van der Waals surface area contributed by atoms with Crippen molar-refractivity contribution in [1.82, 2.24) is 5.32 Å². The van der Waals surface area contributed by atoms with Crippen molar-refractivity contribution >= 4 is 27.5 Å². The lowest BCUT2D eigenvalue weighted by Gasteiger charge is -2.21. The number of nitrogens with zero attached hydrogens (tertiary/aromatic N) is 1. The number of hydrogen-bond donors (Lipinski definition) is 2. The lowest BCUT2D eigenvalue weighted by molar-refractivity contribution is -0.385. The number of aliphatic hydroxyl groups excluding tert-OH is 1. The van der Waals surface area contributed by atoms with Crippen molar-refractivity contribution in [1.29, 1.82) is 0 Å². The van der Waals surface area contributed by atoms with Crippen LogP contribution in [0.3, 0.4) is 0 Å². The number of benzene rings is 1. The van der Waals surface area contributed by atoms with Gasteiger partial charge in [0.25, 0.3) is 11.6 Å². The van der Waals surface area contributed by atoms with Crippen LogP contribution >= 0.6 is 15.9 Å². The summed E-state index contributed by atoms with van der Waals surface area (Å²) >= 11 is 3.10. The summed E-state index contributed by atoms with van der Waals surface area (Å²) in [7, 11) is 0. The van der Waals surface area contributed by atoms with E-state index in [4.69, 9.17) is 5.11 Å². The molecule has 0 bridgehead atoms. The van der Waals surface area contributed by atoms with Gasteiger partial charge in [-0.15, -0.1) is 0 Å². The Bertz CT molecular complexity index is 505. The molecule has 1 rings (SSSR count).